The van der Waals surface area contributed by atoms with Crippen LogP contribution in [0.4, 0.5) is 0 Å². The summed E-state index contributed by atoms with van der Waals surface area (Å²) in [5, 5.41) is 61.9. The van der Waals surface area contributed by atoms with E-state index in [9.17, 15) is 35.4 Å². The van der Waals surface area contributed by atoms with Crippen molar-refractivity contribution in [3.63, 3.8) is 0 Å². The lowest BCUT2D eigenvalue weighted by Crippen LogP contribution is -2.33. The Balaban J connectivity index is 1.43. The van der Waals surface area contributed by atoms with Crippen molar-refractivity contribution in [1.29, 1.82) is 0 Å². The first-order valence-corrected chi connectivity index (χ1v) is 18.8. The first kappa shape index (κ1) is 41.1. The number of ether oxygens (including phenoxy) is 2. The Bertz CT molecular complexity index is 832. The van der Waals surface area contributed by atoms with Crippen LogP contribution in [-0.2, 0) is 14.3 Å². The van der Waals surface area contributed by atoms with Gasteiger partial charge in [-0.05, 0) is 51.0 Å². The van der Waals surface area contributed by atoms with Crippen molar-refractivity contribution in [3.05, 3.63) is 11.6 Å². The van der Waals surface area contributed by atoms with Crippen LogP contribution in [0.1, 0.15) is 168 Å². The fraction of sp³-hybridized carbons (Fsp3) is 0.919. The van der Waals surface area contributed by atoms with E-state index in [-0.39, 0.29) is 18.6 Å². The largest absolute Gasteiger partial charge is 0.426 e. The van der Waals surface area contributed by atoms with Crippen molar-refractivity contribution in [2.75, 3.05) is 0 Å². The molecule has 1 saturated heterocycles. The first-order chi connectivity index (χ1) is 22.0. The van der Waals surface area contributed by atoms with Crippen LogP contribution in [-0.4, -0.2) is 85.1 Å². The summed E-state index contributed by atoms with van der Waals surface area (Å²) in [6, 6.07) is 0. The van der Waals surface area contributed by atoms with Crippen molar-refractivity contribution < 1.29 is 44.9 Å². The van der Waals surface area contributed by atoms with Crippen LogP contribution in [0.15, 0.2) is 11.6 Å². The lowest BCUT2D eigenvalue weighted by atomic mass is 9.97. The van der Waals surface area contributed by atoms with Crippen LogP contribution in [0.5, 0.6) is 0 Å². The molecule has 9 heteroatoms. The molecule has 270 valence electrons. The Labute approximate surface area is 278 Å². The van der Waals surface area contributed by atoms with Gasteiger partial charge in [0.1, 0.15) is 0 Å². The van der Waals surface area contributed by atoms with Gasteiger partial charge >= 0.3 is 5.97 Å². The zero-order valence-corrected chi connectivity index (χ0v) is 29.0. The molecule has 0 saturated carbocycles. The topological polar surface area (TPSA) is 157 Å². The third-order valence-corrected chi connectivity index (χ3v) is 9.75. The highest BCUT2D eigenvalue weighted by molar-refractivity contribution is 5.91. The quantitative estimate of drug-likeness (QED) is 0.0431. The van der Waals surface area contributed by atoms with E-state index >= 15 is 0 Å². The summed E-state index contributed by atoms with van der Waals surface area (Å²) in [6.45, 7) is 3.62. The molecule has 0 bridgehead atoms. The van der Waals surface area contributed by atoms with Gasteiger partial charge in [0.2, 0.25) is 5.79 Å². The van der Waals surface area contributed by atoms with Gasteiger partial charge in [-0.1, -0.05) is 110 Å². The highest BCUT2D eigenvalue weighted by atomic mass is 16.7. The number of esters is 1. The van der Waals surface area contributed by atoms with Gasteiger partial charge in [-0.25, -0.2) is 4.79 Å². The number of unbranched alkanes of at least 4 members (excludes halogenated alkanes) is 14. The predicted molar refractivity (Wildman–Crippen MR) is 180 cm³/mol. The normalized spacial score (nSPS) is 24.9. The van der Waals surface area contributed by atoms with Gasteiger partial charge in [-0.3, -0.25) is 0 Å². The second-order valence-corrected chi connectivity index (χ2v) is 14.3. The Morgan fingerprint density at radius 2 is 1.13 bits per heavy atom. The van der Waals surface area contributed by atoms with E-state index in [1.165, 1.54) is 51.5 Å². The predicted octanol–water partition coefficient (Wildman–Crippen LogP) is 6.13. The van der Waals surface area contributed by atoms with Gasteiger partial charge < -0.3 is 40.1 Å². The number of hydrogen-bond donors (Lipinski definition) is 6. The molecule has 2 rings (SSSR count). The number of cyclic esters (lactones) is 1. The van der Waals surface area contributed by atoms with Crippen LogP contribution >= 0.6 is 0 Å². The zero-order valence-electron chi connectivity index (χ0n) is 29.0. The van der Waals surface area contributed by atoms with Crippen molar-refractivity contribution in [1.82, 2.24) is 0 Å². The van der Waals surface area contributed by atoms with E-state index in [0.717, 1.165) is 70.6 Å². The SMILES string of the molecule is CCCCCCCCCC[C@@H](O)[C@H](O)CC[C@@H](O)[C@H]1CC[C@@H]([C@H](O)CCCCCCCCCC[C@H](O)CC2=C[C@@](C)(O)OC2=O)O1. The lowest BCUT2D eigenvalue weighted by molar-refractivity contribution is -0.173. The van der Waals surface area contributed by atoms with Gasteiger partial charge in [0.05, 0.1) is 42.7 Å². The molecule has 9 nitrogen and oxygen atoms in total. The fourth-order valence-electron chi connectivity index (χ4n) is 6.80. The van der Waals surface area contributed by atoms with E-state index in [2.05, 4.69) is 6.92 Å². The second kappa shape index (κ2) is 23.3. The van der Waals surface area contributed by atoms with E-state index < -0.39 is 42.3 Å². The number of rotatable bonds is 28. The number of carbonyl (C=O) groups excluding carboxylic acids is 1. The van der Waals surface area contributed by atoms with E-state index in [0.29, 0.717) is 44.1 Å². The Hall–Kier alpha value is -1.07. The van der Waals surface area contributed by atoms with Crippen molar-refractivity contribution in [2.45, 2.75) is 216 Å². The first-order valence-electron chi connectivity index (χ1n) is 18.8. The van der Waals surface area contributed by atoms with E-state index in [1.807, 2.05) is 0 Å². The Morgan fingerprint density at radius 3 is 1.65 bits per heavy atom. The molecule has 0 amide bonds. The summed E-state index contributed by atoms with van der Waals surface area (Å²) in [7, 11) is 0. The summed E-state index contributed by atoms with van der Waals surface area (Å²) >= 11 is 0. The molecular weight excluding hydrogens is 588 g/mol. The number of hydrogen-bond acceptors (Lipinski definition) is 9. The lowest BCUT2D eigenvalue weighted by Gasteiger charge is -2.24. The van der Waals surface area contributed by atoms with E-state index in [1.54, 1.807) is 0 Å². The van der Waals surface area contributed by atoms with E-state index in [4.69, 9.17) is 9.47 Å². The average molecular weight is 657 g/mol. The van der Waals surface area contributed by atoms with Crippen LogP contribution in [0.25, 0.3) is 0 Å². The van der Waals surface area contributed by atoms with Crippen molar-refractivity contribution >= 4 is 5.97 Å². The molecule has 0 radical (unpaired) electrons. The smallest absolute Gasteiger partial charge is 0.336 e. The molecule has 2 heterocycles. The Morgan fingerprint density at radius 1 is 0.674 bits per heavy atom. The van der Waals surface area contributed by atoms with Crippen molar-refractivity contribution in [3.8, 4) is 0 Å². The van der Waals surface area contributed by atoms with Crippen LogP contribution in [0.3, 0.4) is 0 Å². The summed E-state index contributed by atoms with van der Waals surface area (Å²) in [5.74, 6) is -2.12. The maximum atomic E-state index is 11.7. The zero-order chi connectivity index (χ0) is 33.8. The minimum absolute atomic E-state index is 0.211. The van der Waals surface area contributed by atoms with Crippen LogP contribution in [0, 0.1) is 0 Å². The minimum atomic E-state index is -1.56. The molecule has 0 aliphatic carbocycles. The fourth-order valence-corrected chi connectivity index (χ4v) is 6.80. The van der Waals surface area contributed by atoms with Gasteiger partial charge in [-0.15, -0.1) is 0 Å². The third kappa shape index (κ3) is 17.4. The maximum absolute atomic E-state index is 11.7. The average Bonchev–Trinajstić information content (AvgIpc) is 3.61. The Kier molecular flexibility index (Phi) is 20.8. The molecule has 8 atom stereocenters. The summed E-state index contributed by atoms with van der Waals surface area (Å²) in [5.41, 5.74) is 0.340. The van der Waals surface area contributed by atoms with Gasteiger partial charge in [-0.2, -0.15) is 0 Å². The minimum Gasteiger partial charge on any atom is -0.426 e. The summed E-state index contributed by atoms with van der Waals surface area (Å²) < 4.78 is 10.8. The molecule has 0 aromatic heterocycles. The second-order valence-electron chi connectivity index (χ2n) is 14.3. The molecule has 1 fully saturated rings. The number of carbonyl (C=O) groups is 1. The third-order valence-electron chi connectivity index (χ3n) is 9.75. The molecule has 0 aromatic carbocycles. The summed E-state index contributed by atoms with van der Waals surface area (Å²) in [6.07, 6.45) is 19.6. The monoisotopic (exact) mass is 656 g/mol. The number of aliphatic hydroxyl groups is 6. The van der Waals surface area contributed by atoms with Crippen LogP contribution < -0.4 is 0 Å². The molecule has 0 spiro atoms. The molecule has 2 aliphatic rings. The molecule has 46 heavy (non-hydrogen) atoms. The standard InChI is InChI=1S/C37H68O9/c1-3-4-5-6-7-11-14-17-20-30(39)31(40)22-23-33(42)35-25-24-34(45-35)32(41)21-18-15-12-9-8-10-13-16-19-29(38)26-28-27-37(2,44)46-36(28)43/h27,29-35,38-42,44H,3-26H2,1-2H3/t29-,30+,31+,32+,33+,34-,35+,37-/m0/s1. The van der Waals surface area contributed by atoms with Gasteiger partial charge in [0.15, 0.2) is 0 Å². The highest BCUT2D eigenvalue weighted by Crippen LogP contribution is 2.29. The molecule has 0 unspecified atom stereocenters. The molecule has 2 aliphatic heterocycles. The molecule has 6 N–H and O–H groups in total. The van der Waals surface area contributed by atoms with Gasteiger partial charge in [0.25, 0.3) is 0 Å². The van der Waals surface area contributed by atoms with Gasteiger partial charge in [0, 0.05) is 18.9 Å². The molecular formula is C37H68O9. The molecule has 0 aromatic rings. The van der Waals surface area contributed by atoms with Crippen LogP contribution in [0.2, 0.25) is 0 Å². The maximum Gasteiger partial charge on any atom is 0.336 e. The highest BCUT2D eigenvalue weighted by Gasteiger charge is 2.35. The summed E-state index contributed by atoms with van der Waals surface area (Å²) in [4.78, 5) is 11.7. The number of aliphatic hydroxyl groups excluding tert-OH is 5. The van der Waals surface area contributed by atoms with Crippen molar-refractivity contribution in [2.24, 2.45) is 0 Å².